The summed E-state index contributed by atoms with van der Waals surface area (Å²) in [6.07, 6.45) is 4.95. The summed E-state index contributed by atoms with van der Waals surface area (Å²) in [5.74, 6) is 0. The Labute approximate surface area is 45.1 Å². The van der Waals surface area contributed by atoms with Gasteiger partial charge >= 0.3 is 0 Å². The smallest absolute Gasteiger partial charge is 0.00702 e. The lowest BCUT2D eigenvalue weighted by molar-refractivity contribution is 0.510. The monoisotopic (exact) mass is 98.1 g/mol. The van der Waals surface area contributed by atoms with Crippen LogP contribution in [-0.2, 0) is 0 Å². The predicted octanol–water partition coefficient (Wildman–Crippen LogP) is 0.963. The molecule has 0 amide bonds. The van der Waals surface area contributed by atoms with Gasteiger partial charge in [-0.3, -0.25) is 0 Å². The number of piperidine rings is 1. The van der Waals surface area contributed by atoms with Crippen LogP contribution in [-0.4, -0.2) is 12.6 Å². The molecule has 1 aliphatic heterocycles. The Kier molecular flexibility index (Phi) is 1.69. The van der Waals surface area contributed by atoms with E-state index >= 15 is 0 Å². The zero-order valence-corrected chi connectivity index (χ0v) is 4.78. The topological polar surface area (TPSA) is 12.0 Å². The van der Waals surface area contributed by atoms with Crippen LogP contribution in [0.5, 0.6) is 0 Å². The van der Waals surface area contributed by atoms with Crippen LogP contribution < -0.4 is 5.32 Å². The second-order valence-corrected chi connectivity index (χ2v) is 2.12. The first-order valence-electron chi connectivity index (χ1n) is 2.96. The summed E-state index contributed by atoms with van der Waals surface area (Å²) < 4.78 is 0. The molecule has 0 aliphatic carbocycles. The molecule has 1 saturated heterocycles. The maximum absolute atomic E-state index is 3.33. The molecule has 1 fully saturated rings. The molecule has 0 saturated carbocycles. The maximum atomic E-state index is 3.33. The third-order valence-electron chi connectivity index (χ3n) is 1.37. The standard InChI is InChI=1S/C6H12N/c1-6-4-2-3-5-7-6/h4,6-7H,2-3,5H2,1H3. The van der Waals surface area contributed by atoms with E-state index in [0.717, 1.165) is 0 Å². The highest BCUT2D eigenvalue weighted by Gasteiger charge is 2.04. The van der Waals surface area contributed by atoms with Crippen molar-refractivity contribution in [3.8, 4) is 0 Å². The van der Waals surface area contributed by atoms with Gasteiger partial charge in [0.1, 0.15) is 0 Å². The number of rotatable bonds is 0. The zero-order chi connectivity index (χ0) is 5.11. The summed E-state index contributed by atoms with van der Waals surface area (Å²) in [7, 11) is 0. The molecule has 41 valence electrons. The average molecular weight is 98.2 g/mol. The molecule has 0 aromatic carbocycles. The van der Waals surface area contributed by atoms with E-state index in [9.17, 15) is 0 Å². The summed E-state index contributed by atoms with van der Waals surface area (Å²) in [5, 5.41) is 3.33. The van der Waals surface area contributed by atoms with E-state index in [-0.39, 0.29) is 0 Å². The van der Waals surface area contributed by atoms with Crippen LogP contribution in [0.25, 0.3) is 0 Å². The third-order valence-corrected chi connectivity index (χ3v) is 1.37. The van der Waals surface area contributed by atoms with Gasteiger partial charge in [0.2, 0.25) is 0 Å². The highest BCUT2D eigenvalue weighted by Crippen LogP contribution is 2.03. The van der Waals surface area contributed by atoms with Gasteiger partial charge in [-0.05, 0) is 32.7 Å². The van der Waals surface area contributed by atoms with Gasteiger partial charge < -0.3 is 5.32 Å². The van der Waals surface area contributed by atoms with E-state index in [2.05, 4.69) is 18.7 Å². The van der Waals surface area contributed by atoms with Crippen molar-refractivity contribution in [3.63, 3.8) is 0 Å². The van der Waals surface area contributed by atoms with Gasteiger partial charge in [-0.25, -0.2) is 0 Å². The van der Waals surface area contributed by atoms with Gasteiger partial charge in [0, 0.05) is 6.04 Å². The lowest BCUT2D eigenvalue weighted by Gasteiger charge is -2.17. The van der Waals surface area contributed by atoms with E-state index in [4.69, 9.17) is 0 Å². The van der Waals surface area contributed by atoms with Crippen molar-refractivity contribution in [2.75, 3.05) is 6.54 Å². The van der Waals surface area contributed by atoms with Crippen molar-refractivity contribution >= 4 is 0 Å². The minimum atomic E-state index is 0.661. The Bertz CT molecular complexity index is 46.1. The summed E-state index contributed by atoms with van der Waals surface area (Å²) >= 11 is 0. The zero-order valence-electron chi connectivity index (χ0n) is 4.78. The fraction of sp³-hybridized carbons (Fsp3) is 0.833. The maximum Gasteiger partial charge on any atom is 0.00702 e. The SMILES string of the molecule is CC1[CH]CCCN1. The highest BCUT2D eigenvalue weighted by atomic mass is 14.9. The molecule has 1 atom stereocenters. The number of hydrogen-bond donors (Lipinski definition) is 1. The summed E-state index contributed by atoms with van der Waals surface area (Å²) in [6.45, 7) is 3.40. The van der Waals surface area contributed by atoms with Crippen molar-refractivity contribution < 1.29 is 0 Å². The fourth-order valence-corrected chi connectivity index (χ4v) is 0.883. The first kappa shape index (κ1) is 5.10. The lowest BCUT2D eigenvalue weighted by atomic mass is 10.1. The molecular formula is C6H12N. The van der Waals surface area contributed by atoms with Crippen molar-refractivity contribution in [2.45, 2.75) is 25.8 Å². The van der Waals surface area contributed by atoms with Crippen LogP contribution >= 0.6 is 0 Å². The summed E-state index contributed by atoms with van der Waals surface area (Å²) in [6, 6.07) is 0.661. The minimum absolute atomic E-state index is 0.661. The van der Waals surface area contributed by atoms with Crippen LogP contribution in [0.3, 0.4) is 0 Å². The predicted molar refractivity (Wildman–Crippen MR) is 31.0 cm³/mol. The molecule has 1 heterocycles. The molecule has 1 heteroatoms. The summed E-state index contributed by atoms with van der Waals surface area (Å²) in [4.78, 5) is 0. The molecule has 1 radical (unpaired) electrons. The average Bonchev–Trinajstić information content (AvgIpc) is 1.69. The molecule has 0 aromatic rings. The van der Waals surface area contributed by atoms with Gasteiger partial charge in [-0.15, -0.1) is 0 Å². The number of nitrogens with one attached hydrogen (secondary N) is 1. The van der Waals surface area contributed by atoms with E-state index in [1.54, 1.807) is 0 Å². The number of hydrogen-bond acceptors (Lipinski definition) is 1. The first-order chi connectivity index (χ1) is 3.39. The van der Waals surface area contributed by atoms with Gasteiger partial charge in [0.15, 0.2) is 0 Å². The van der Waals surface area contributed by atoms with Gasteiger partial charge in [0.25, 0.3) is 0 Å². The Hall–Kier alpha value is -0.0400. The third kappa shape index (κ3) is 1.48. The Morgan fingerprint density at radius 3 is 2.86 bits per heavy atom. The lowest BCUT2D eigenvalue weighted by Crippen LogP contribution is -2.31. The van der Waals surface area contributed by atoms with Crippen LogP contribution in [0.2, 0.25) is 0 Å². The van der Waals surface area contributed by atoms with Crippen molar-refractivity contribution in [2.24, 2.45) is 0 Å². The molecular weight excluding hydrogens is 86.1 g/mol. The quantitative estimate of drug-likeness (QED) is 0.476. The second kappa shape index (κ2) is 2.31. The van der Waals surface area contributed by atoms with E-state index in [1.807, 2.05) is 0 Å². The molecule has 1 nitrogen and oxygen atoms in total. The molecule has 0 bridgehead atoms. The van der Waals surface area contributed by atoms with Crippen molar-refractivity contribution in [1.82, 2.24) is 5.32 Å². The van der Waals surface area contributed by atoms with Crippen LogP contribution in [0.1, 0.15) is 19.8 Å². The normalized spacial score (nSPS) is 33.0. The highest BCUT2D eigenvalue weighted by molar-refractivity contribution is 4.82. The van der Waals surface area contributed by atoms with E-state index in [0.29, 0.717) is 6.04 Å². The minimum Gasteiger partial charge on any atom is -0.314 e. The van der Waals surface area contributed by atoms with Gasteiger partial charge in [-0.2, -0.15) is 0 Å². The van der Waals surface area contributed by atoms with Crippen LogP contribution in [0.15, 0.2) is 0 Å². The Balaban J connectivity index is 2.12. The molecule has 1 aliphatic rings. The fourth-order valence-electron chi connectivity index (χ4n) is 0.883. The molecule has 0 spiro atoms. The van der Waals surface area contributed by atoms with E-state index in [1.165, 1.54) is 19.4 Å². The van der Waals surface area contributed by atoms with Gasteiger partial charge in [-0.1, -0.05) is 0 Å². The molecule has 1 unspecified atom stereocenters. The molecule has 1 rings (SSSR count). The van der Waals surface area contributed by atoms with Crippen LogP contribution in [0.4, 0.5) is 0 Å². The molecule has 1 N–H and O–H groups in total. The van der Waals surface area contributed by atoms with Crippen molar-refractivity contribution in [1.29, 1.82) is 0 Å². The second-order valence-electron chi connectivity index (χ2n) is 2.12. The van der Waals surface area contributed by atoms with Crippen molar-refractivity contribution in [3.05, 3.63) is 6.42 Å². The van der Waals surface area contributed by atoms with E-state index < -0.39 is 0 Å². The Morgan fingerprint density at radius 1 is 1.71 bits per heavy atom. The molecule has 0 aromatic heterocycles. The first-order valence-corrected chi connectivity index (χ1v) is 2.96. The molecule has 7 heavy (non-hydrogen) atoms. The largest absolute Gasteiger partial charge is 0.314 e. The van der Waals surface area contributed by atoms with Gasteiger partial charge in [0.05, 0.1) is 0 Å². The Morgan fingerprint density at radius 2 is 2.57 bits per heavy atom. The summed E-state index contributed by atoms with van der Waals surface area (Å²) in [5.41, 5.74) is 0. The van der Waals surface area contributed by atoms with Crippen LogP contribution in [0, 0.1) is 6.42 Å².